The van der Waals surface area contributed by atoms with Gasteiger partial charge in [0.15, 0.2) is 0 Å². The highest BCUT2D eigenvalue weighted by atomic mass is 32.1. The van der Waals surface area contributed by atoms with Crippen LogP contribution in [0.4, 0.5) is 10.8 Å². The molecule has 2 rings (SSSR count). The summed E-state index contributed by atoms with van der Waals surface area (Å²) in [7, 11) is 1.68. The number of ether oxygens (including phenoxy) is 1. The van der Waals surface area contributed by atoms with Crippen molar-refractivity contribution in [3.05, 3.63) is 23.8 Å². The maximum absolute atomic E-state index is 5.33. The Morgan fingerprint density at radius 3 is 2.76 bits per heavy atom. The molecule has 2 aromatic rings. The fourth-order valence-corrected chi connectivity index (χ4v) is 1.96. The zero-order valence-electron chi connectivity index (χ0n) is 9.97. The summed E-state index contributed by atoms with van der Waals surface area (Å²) in [4.78, 5) is 0. The van der Waals surface area contributed by atoms with Crippen LogP contribution in [0.1, 0.15) is 25.3 Å². The van der Waals surface area contributed by atoms with E-state index in [-0.39, 0.29) is 0 Å². The van der Waals surface area contributed by atoms with Gasteiger partial charge in [0.05, 0.1) is 7.11 Å². The molecule has 1 aromatic heterocycles. The normalized spacial score (nSPS) is 10.6. The summed E-state index contributed by atoms with van der Waals surface area (Å²) >= 11 is 1.23. The summed E-state index contributed by atoms with van der Waals surface area (Å²) in [5.74, 6) is 1.31. The number of aromatic nitrogens is 3. The van der Waals surface area contributed by atoms with Crippen LogP contribution < -0.4 is 10.1 Å². The zero-order valence-corrected chi connectivity index (χ0v) is 10.8. The maximum Gasteiger partial charge on any atom is 0.229 e. The molecule has 0 radical (unpaired) electrons. The molecule has 0 aliphatic carbocycles. The van der Waals surface area contributed by atoms with Crippen LogP contribution in [0.3, 0.4) is 0 Å². The Hall–Kier alpha value is -1.69. The topological polar surface area (TPSA) is 59.9 Å². The van der Waals surface area contributed by atoms with E-state index in [1.807, 2.05) is 12.1 Å². The molecule has 90 valence electrons. The van der Waals surface area contributed by atoms with Crippen molar-refractivity contribution >= 4 is 22.4 Å². The quantitative estimate of drug-likeness (QED) is 0.904. The molecular weight excluding hydrogens is 236 g/mol. The van der Waals surface area contributed by atoms with Crippen molar-refractivity contribution in [2.45, 2.75) is 19.8 Å². The maximum atomic E-state index is 5.33. The number of anilines is 2. The van der Waals surface area contributed by atoms with E-state index in [2.05, 4.69) is 40.0 Å². The van der Waals surface area contributed by atoms with Crippen LogP contribution in [0.15, 0.2) is 18.2 Å². The number of nitrogens with one attached hydrogen (secondary N) is 1. The van der Waals surface area contributed by atoms with Crippen molar-refractivity contribution in [1.29, 1.82) is 0 Å². The summed E-state index contributed by atoms with van der Waals surface area (Å²) in [6.07, 6.45) is 0. The minimum atomic E-state index is 0.402. The molecule has 1 heterocycles. The Labute approximate surface area is 104 Å². The average molecular weight is 250 g/mol. The van der Waals surface area contributed by atoms with Gasteiger partial charge in [0.2, 0.25) is 5.13 Å². The summed E-state index contributed by atoms with van der Waals surface area (Å²) < 4.78 is 9.03. The molecular formula is C11H14N4OS. The van der Waals surface area contributed by atoms with Gasteiger partial charge in [0.25, 0.3) is 0 Å². The number of methoxy groups -OCH3 is 1. The van der Waals surface area contributed by atoms with Crippen molar-refractivity contribution < 1.29 is 4.74 Å². The van der Waals surface area contributed by atoms with E-state index in [0.29, 0.717) is 11.0 Å². The summed E-state index contributed by atoms with van der Waals surface area (Å²) in [5.41, 5.74) is 2.13. The van der Waals surface area contributed by atoms with Crippen molar-refractivity contribution in [1.82, 2.24) is 14.8 Å². The van der Waals surface area contributed by atoms with Gasteiger partial charge in [-0.1, -0.05) is 23.4 Å². The van der Waals surface area contributed by atoms with Crippen molar-refractivity contribution in [3.8, 4) is 5.75 Å². The van der Waals surface area contributed by atoms with Crippen LogP contribution >= 0.6 is 11.5 Å². The Bertz CT molecular complexity index is 484. The first kappa shape index (κ1) is 11.8. The molecule has 17 heavy (non-hydrogen) atoms. The van der Waals surface area contributed by atoms with Crippen LogP contribution in [0.5, 0.6) is 5.75 Å². The van der Waals surface area contributed by atoms with Crippen LogP contribution in [0.25, 0.3) is 0 Å². The Morgan fingerprint density at radius 2 is 2.18 bits per heavy atom. The lowest BCUT2D eigenvalue weighted by Crippen LogP contribution is -1.97. The molecule has 1 aromatic carbocycles. The number of benzene rings is 1. The monoisotopic (exact) mass is 250 g/mol. The van der Waals surface area contributed by atoms with Crippen molar-refractivity contribution in [3.63, 3.8) is 0 Å². The fraction of sp³-hybridized carbons (Fsp3) is 0.364. The molecule has 5 nitrogen and oxygen atoms in total. The Morgan fingerprint density at radius 1 is 1.35 bits per heavy atom. The van der Waals surface area contributed by atoms with Crippen LogP contribution in [-0.2, 0) is 0 Å². The minimum Gasteiger partial charge on any atom is -0.496 e. The molecule has 6 heteroatoms. The number of hydrogen-bond donors (Lipinski definition) is 1. The second kappa shape index (κ2) is 5.09. The Balaban J connectivity index is 2.27. The molecule has 0 unspecified atom stereocenters. The first-order valence-electron chi connectivity index (χ1n) is 5.30. The predicted molar refractivity (Wildman–Crippen MR) is 68.1 cm³/mol. The van der Waals surface area contributed by atoms with Crippen molar-refractivity contribution in [2.24, 2.45) is 0 Å². The first-order chi connectivity index (χ1) is 8.20. The highest BCUT2D eigenvalue weighted by Crippen LogP contribution is 2.30. The van der Waals surface area contributed by atoms with Crippen LogP contribution in [0, 0.1) is 0 Å². The largest absolute Gasteiger partial charge is 0.496 e. The van der Waals surface area contributed by atoms with E-state index >= 15 is 0 Å². The number of rotatable bonds is 4. The average Bonchev–Trinajstić information content (AvgIpc) is 2.81. The lowest BCUT2D eigenvalue weighted by molar-refractivity contribution is 0.407. The molecule has 0 atom stereocenters. The fourth-order valence-electron chi connectivity index (χ4n) is 1.57. The molecule has 0 spiro atoms. The number of hydrogen-bond acceptors (Lipinski definition) is 6. The van der Waals surface area contributed by atoms with Crippen LogP contribution in [0.2, 0.25) is 0 Å². The summed E-state index contributed by atoms with van der Waals surface area (Å²) in [6, 6.07) is 5.96. The van der Waals surface area contributed by atoms with Gasteiger partial charge in [-0.05, 0) is 34.9 Å². The SMILES string of the molecule is COc1ccc(Nc2nnns2)cc1C(C)C. The van der Waals surface area contributed by atoms with E-state index in [4.69, 9.17) is 4.74 Å². The standard InChI is InChI=1S/C11H14N4OS/c1-7(2)9-6-8(4-5-10(9)16-3)12-11-13-14-15-17-11/h4-7H,1-3H3,(H,12,13,15). The molecule has 0 fully saturated rings. The molecule has 0 aliphatic rings. The highest BCUT2D eigenvalue weighted by molar-refractivity contribution is 7.09. The smallest absolute Gasteiger partial charge is 0.229 e. The number of nitrogens with zero attached hydrogens (tertiary/aromatic N) is 3. The molecule has 0 saturated carbocycles. The van der Waals surface area contributed by atoms with Crippen LogP contribution in [-0.4, -0.2) is 21.9 Å². The third-order valence-electron chi connectivity index (χ3n) is 2.40. The molecule has 1 N–H and O–H groups in total. The lowest BCUT2D eigenvalue weighted by Gasteiger charge is -2.13. The van der Waals surface area contributed by atoms with Gasteiger partial charge >= 0.3 is 0 Å². The van der Waals surface area contributed by atoms with Gasteiger partial charge in [-0.15, -0.1) is 0 Å². The minimum absolute atomic E-state index is 0.402. The first-order valence-corrected chi connectivity index (χ1v) is 6.08. The van der Waals surface area contributed by atoms with E-state index < -0.39 is 0 Å². The van der Waals surface area contributed by atoms with Gasteiger partial charge in [0, 0.05) is 17.2 Å². The zero-order chi connectivity index (χ0) is 12.3. The lowest BCUT2D eigenvalue weighted by atomic mass is 10.0. The Kier molecular flexibility index (Phi) is 3.53. The third-order valence-corrected chi connectivity index (χ3v) is 2.91. The van der Waals surface area contributed by atoms with Crippen molar-refractivity contribution in [2.75, 3.05) is 12.4 Å². The summed E-state index contributed by atoms with van der Waals surface area (Å²) in [6.45, 7) is 4.27. The van der Waals surface area contributed by atoms with Gasteiger partial charge in [-0.3, -0.25) is 0 Å². The van der Waals surface area contributed by atoms with E-state index in [1.54, 1.807) is 7.11 Å². The molecule has 0 saturated heterocycles. The highest BCUT2D eigenvalue weighted by Gasteiger charge is 2.09. The van der Waals surface area contributed by atoms with Gasteiger partial charge in [-0.25, -0.2) is 0 Å². The van der Waals surface area contributed by atoms with E-state index in [9.17, 15) is 0 Å². The third kappa shape index (κ3) is 2.71. The van der Waals surface area contributed by atoms with Gasteiger partial charge < -0.3 is 10.1 Å². The second-order valence-electron chi connectivity index (χ2n) is 3.90. The van der Waals surface area contributed by atoms with Gasteiger partial charge in [0.1, 0.15) is 5.75 Å². The predicted octanol–water partition coefficient (Wildman–Crippen LogP) is 2.81. The molecule has 0 aliphatic heterocycles. The summed E-state index contributed by atoms with van der Waals surface area (Å²) in [5, 5.41) is 11.2. The van der Waals surface area contributed by atoms with Gasteiger partial charge in [-0.2, -0.15) is 0 Å². The second-order valence-corrected chi connectivity index (χ2v) is 4.64. The molecule has 0 bridgehead atoms. The van der Waals surface area contributed by atoms with E-state index in [0.717, 1.165) is 17.0 Å². The molecule has 0 amide bonds. The van der Waals surface area contributed by atoms with E-state index in [1.165, 1.54) is 11.5 Å².